The second kappa shape index (κ2) is 5.02. The van der Waals surface area contributed by atoms with Crippen LogP contribution in [-0.4, -0.2) is 25.8 Å². The predicted octanol–water partition coefficient (Wildman–Crippen LogP) is 2.23. The summed E-state index contributed by atoms with van der Waals surface area (Å²) in [6, 6.07) is 2.05. The van der Waals surface area contributed by atoms with Gasteiger partial charge in [-0.05, 0) is 37.9 Å². The van der Waals surface area contributed by atoms with Crippen molar-refractivity contribution < 1.29 is 9.15 Å². The van der Waals surface area contributed by atoms with Crippen LogP contribution in [-0.2, 0) is 11.2 Å². The van der Waals surface area contributed by atoms with Crippen LogP contribution in [0.2, 0.25) is 0 Å². The summed E-state index contributed by atoms with van der Waals surface area (Å²) in [7, 11) is 0. The standard InChI is InChI=1S/C13H21NO2/c1-3-14-10-13(5-7-16-11(13)2)8-12-4-6-15-9-12/h4,6,9,11,14H,3,5,7-8,10H2,1-2H3. The SMILES string of the molecule is CCNCC1(Cc2ccoc2)CCOC1C. The van der Waals surface area contributed by atoms with Gasteiger partial charge in [-0.25, -0.2) is 0 Å². The Bertz CT molecular complexity index is 310. The van der Waals surface area contributed by atoms with Gasteiger partial charge in [-0.15, -0.1) is 0 Å². The van der Waals surface area contributed by atoms with Crippen LogP contribution >= 0.6 is 0 Å². The van der Waals surface area contributed by atoms with Gasteiger partial charge in [0, 0.05) is 18.6 Å². The summed E-state index contributed by atoms with van der Waals surface area (Å²) in [5.74, 6) is 0. The van der Waals surface area contributed by atoms with E-state index in [1.165, 1.54) is 5.56 Å². The van der Waals surface area contributed by atoms with E-state index in [9.17, 15) is 0 Å². The van der Waals surface area contributed by atoms with Gasteiger partial charge in [-0.2, -0.15) is 0 Å². The summed E-state index contributed by atoms with van der Waals surface area (Å²) in [6.07, 6.45) is 6.08. The number of hydrogen-bond donors (Lipinski definition) is 1. The highest BCUT2D eigenvalue weighted by atomic mass is 16.5. The molecule has 2 unspecified atom stereocenters. The molecule has 1 aromatic rings. The molecule has 1 aromatic heterocycles. The van der Waals surface area contributed by atoms with Crippen molar-refractivity contribution in [3.63, 3.8) is 0 Å². The van der Waals surface area contributed by atoms with Crippen molar-refractivity contribution >= 4 is 0 Å². The molecule has 2 rings (SSSR count). The lowest BCUT2D eigenvalue weighted by molar-refractivity contribution is 0.0632. The summed E-state index contributed by atoms with van der Waals surface area (Å²) in [5, 5.41) is 3.46. The van der Waals surface area contributed by atoms with Crippen LogP contribution in [0, 0.1) is 5.41 Å². The Hall–Kier alpha value is -0.800. The summed E-state index contributed by atoms with van der Waals surface area (Å²) < 4.78 is 10.9. The van der Waals surface area contributed by atoms with Gasteiger partial charge < -0.3 is 14.5 Å². The van der Waals surface area contributed by atoms with Gasteiger partial charge in [0.15, 0.2) is 0 Å². The number of nitrogens with one attached hydrogen (secondary N) is 1. The monoisotopic (exact) mass is 223 g/mol. The normalized spacial score (nSPS) is 29.8. The first-order valence-electron chi connectivity index (χ1n) is 6.10. The Kier molecular flexibility index (Phi) is 3.66. The van der Waals surface area contributed by atoms with Crippen LogP contribution in [0.4, 0.5) is 0 Å². The van der Waals surface area contributed by atoms with E-state index in [2.05, 4.69) is 25.2 Å². The molecule has 0 spiro atoms. The zero-order chi connectivity index (χ0) is 11.4. The highest BCUT2D eigenvalue weighted by Crippen LogP contribution is 2.37. The summed E-state index contributed by atoms with van der Waals surface area (Å²) >= 11 is 0. The second-order valence-corrected chi connectivity index (χ2v) is 4.71. The third-order valence-corrected chi connectivity index (χ3v) is 3.69. The molecular weight excluding hydrogens is 202 g/mol. The molecule has 3 nitrogen and oxygen atoms in total. The van der Waals surface area contributed by atoms with E-state index in [0.717, 1.165) is 32.5 Å². The summed E-state index contributed by atoms with van der Waals surface area (Å²) in [6.45, 7) is 7.25. The molecule has 3 heteroatoms. The maximum atomic E-state index is 5.74. The molecule has 0 radical (unpaired) electrons. The van der Waals surface area contributed by atoms with Crippen LogP contribution in [0.5, 0.6) is 0 Å². The molecule has 2 heterocycles. The topological polar surface area (TPSA) is 34.4 Å². The van der Waals surface area contributed by atoms with Crippen molar-refractivity contribution in [2.45, 2.75) is 32.8 Å². The minimum Gasteiger partial charge on any atom is -0.472 e. The van der Waals surface area contributed by atoms with E-state index in [1.807, 2.05) is 6.26 Å². The molecule has 0 amide bonds. The minimum atomic E-state index is 0.236. The van der Waals surface area contributed by atoms with Crippen molar-refractivity contribution in [1.82, 2.24) is 5.32 Å². The van der Waals surface area contributed by atoms with Gasteiger partial charge in [-0.3, -0.25) is 0 Å². The zero-order valence-electron chi connectivity index (χ0n) is 10.2. The van der Waals surface area contributed by atoms with Gasteiger partial charge in [0.05, 0.1) is 18.6 Å². The molecule has 0 bridgehead atoms. The fraction of sp³-hybridized carbons (Fsp3) is 0.692. The number of rotatable bonds is 5. The van der Waals surface area contributed by atoms with Gasteiger partial charge in [-0.1, -0.05) is 6.92 Å². The maximum absolute atomic E-state index is 5.74. The third kappa shape index (κ3) is 2.30. The molecule has 90 valence electrons. The lowest BCUT2D eigenvalue weighted by atomic mass is 9.76. The van der Waals surface area contributed by atoms with E-state index < -0.39 is 0 Å². The van der Waals surface area contributed by atoms with E-state index in [0.29, 0.717) is 6.10 Å². The number of ether oxygens (including phenoxy) is 1. The molecule has 2 atom stereocenters. The van der Waals surface area contributed by atoms with Gasteiger partial charge >= 0.3 is 0 Å². The van der Waals surface area contributed by atoms with Crippen LogP contribution in [0.25, 0.3) is 0 Å². The Balaban J connectivity index is 2.08. The zero-order valence-corrected chi connectivity index (χ0v) is 10.2. The average molecular weight is 223 g/mol. The fourth-order valence-electron chi connectivity index (χ4n) is 2.52. The molecule has 1 saturated heterocycles. The molecule has 1 fully saturated rings. The lowest BCUT2D eigenvalue weighted by Gasteiger charge is -2.32. The first-order chi connectivity index (χ1) is 7.77. The van der Waals surface area contributed by atoms with Crippen LogP contribution in [0.1, 0.15) is 25.8 Å². The Morgan fingerprint density at radius 3 is 3.00 bits per heavy atom. The van der Waals surface area contributed by atoms with E-state index in [-0.39, 0.29) is 5.41 Å². The molecule has 1 aliphatic heterocycles. The highest BCUT2D eigenvalue weighted by molar-refractivity contribution is 5.11. The predicted molar refractivity (Wildman–Crippen MR) is 63.4 cm³/mol. The molecule has 1 aliphatic rings. The van der Waals surface area contributed by atoms with Crippen LogP contribution < -0.4 is 5.32 Å². The van der Waals surface area contributed by atoms with Crippen molar-refractivity contribution in [2.75, 3.05) is 19.7 Å². The lowest BCUT2D eigenvalue weighted by Crippen LogP contribution is -2.41. The van der Waals surface area contributed by atoms with Gasteiger partial charge in [0.25, 0.3) is 0 Å². The first-order valence-corrected chi connectivity index (χ1v) is 6.10. The van der Waals surface area contributed by atoms with Crippen molar-refractivity contribution in [3.05, 3.63) is 24.2 Å². The summed E-state index contributed by atoms with van der Waals surface area (Å²) in [5.41, 5.74) is 1.51. The Labute approximate surface area is 97.2 Å². The van der Waals surface area contributed by atoms with Crippen LogP contribution in [0.15, 0.2) is 23.0 Å². The third-order valence-electron chi connectivity index (χ3n) is 3.69. The molecule has 0 aliphatic carbocycles. The Morgan fingerprint density at radius 1 is 1.56 bits per heavy atom. The first kappa shape index (κ1) is 11.7. The van der Waals surface area contributed by atoms with E-state index in [1.54, 1.807) is 6.26 Å². The quantitative estimate of drug-likeness (QED) is 0.831. The van der Waals surface area contributed by atoms with Crippen LogP contribution in [0.3, 0.4) is 0 Å². The minimum absolute atomic E-state index is 0.236. The average Bonchev–Trinajstić information content (AvgIpc) is 2.88. The molecule has 16 heavy (non-hydrogen) atoms. The molecular formula is C13H21NO2. The van der Waals surface area contributed by atoms with Gasteiger partial charge in [0.1, 0.15) is 0 Å². The Morgan fingerprint density at radius 2 is 2.44 bits per heavy atom. The van der Waals surface area contributed by atoms with Gasteiger partial charge in [0.2, 0.25) is 0 Å². The number of furan rings is 1. The highest BCUT2D eigenvalue weighted by Gasteiger charge is 2.41. The second-order valence-electron chi connectivity index (χ2n) is 4.71. The smallest absolute Gasteiger partial charge is 0.0934 e. The molecule has 0 aromatic carbocycles. The van der Waals surface area contributed by atoms with Crippen molar-refractivity contribution in [3.8, 4) is 0 Å². The van der Waals surface area contributed by atoms with Crippen molar-refractivity contribution in [2.24, 2.45) is 5.41 Å². The van der Waals surface area contributed by atoms with Crippen molar-refractivity contribution in [1.29, 1.82) is 0 Å². The fourth-order valence-corrected chi connectivity index (χ4v) is 2.52. The maximum Gasteiger partial charge on any atom is 0.0934 e. The number of hydrogen-bond acceptors (Lipinski definition) is 3. The van der Waals surface area contributed by atoms with E-state index >= 15 is 0 Å². The van der Waals surface area contributed by atoms with E-state index in [4.69, 9.17) is 9.15 Å². The molecule has 0 saturated carbocycles. The summed E-state index contributed by atoms with van der Waals surface area (Å²) in [4.78, 5) is 0. The molecule has 1 N–H and O–H groups in total. The largest absolute Gasteiger partial charge is 0.472 e.